The smallest absolute Gasteiger partial charge is 0.378 e. The highest BCUT2D eigenvalue weighted by Gasteiger charge is 2.32. The predicted octanol–water partition coefficient (Wildman–Crippen LogP) is 4.22. The molecule has 0 aliphatic carbocycles. The second-order valence-electron chi connectivity index (χ2n) is 8.26. The lowest BCUT2D eigenvalue weighted by atomic mass is 10.1. The zero-order chi connectivity index (χ0) is 23.3. The summed E-state index contributed by atoms with van der Waals surface area (Å²) in [5.41, 5.74) is -0.0434. The van der Waals surface area contributed by atoms with Crippen LogP contribution in [-0.4, -0.2) is 62.9 Å². The number of carbonyl (C=O) groups excluding carboxylic acids is 1. The standard InChI is InChI=1S/C23H28F3N3O3S/c24-23(25,26)17-5-6-21(29-7-10-31-11-8-29)20(13-17)27-22(30)16-28(14-18-3-1-9-32-18)15-19-4-2-12-33-19/h2,4-6,12-13,18H,1,3,7-11,14-16H2,(H,27,30). The first kappa shape index (κ1) is 24.0. The second kappa shape index (κ2) is 10.9. The van der Waals surface area contributed by atoms with Gasteiger partial charge in [0, 0.05) is 37.7 Å². The van der Waals surface area contributed by atoms with E-state index in [2.05, 4.69) is 5.32 Å². The van der Waals surface area contributed by atoms with E-state index in [1.165, 1.54) is 6.07 Å². The number of nitrogens with zero attached hydrogens (tertiary/aromatic N) is 2. The fourth-order valence-electron chi connectivity index (χ4n) is 4.17. The van der Waals surface area contributed by atoms with Crippen LogP contribution in [0, 0.1) is 0 Å². The first-order valence-corrected chi connectivity index (χ1v) is 12.0. The summed E-state index contributed by atoms with van der Waals surface area (Å²) in [5.74, 6) is -0.349. The molecular weight excluding hydrogens is 455 g/mol. The van der Waals surface area contributed by atoms with Crippen molar-refractivity contribution >= 4 is 28.6 Å². The number of ether oxygens (including phenoxy) is 2. The number of morpholine rings is 1. The number of alkyl halides is 3. The topological polar surface area (TPSA) is 54.0 Å². The predicted molar refractivity (Wildman–Crippen MR) is 122 cm³/mol. The van der Waals surface area contributed by atoms with Crippen molar-refractivity contribution in [1.29, 1.82) is 0 Å². The maximum absolute atomic E-state index is 13.4. The highest BCUT2D eigenvalue weighted by atomic mass is 32.1. The molecule has 6 nitrogen and oxygen atoms in total. The van der Waals surface area contributed by atoms with Crippen LogP contribution in [0.5, 0.6) is 0 Å². The van der Waals surface area contributed by atoms with Gasteiger partial charge in [-0.3, -0.25) is 9.69 Å². The Morgan fingerprint density at radius 2 is 2.03 bits per heavy atom. The summed E-state index contributed by atoms with van der Waals surface area (Å²) in [5, 5.41) is 4.74. The molecule has 0 spiro atoms. The lowest BCUT2D eigenvalue weighted by Gasteiger charge is -2.31. The van der Waals surface area contributed by atoms with Crippen LogP contribution in [0.25, 0.3) is 0 Å². The van der Waals surface area contributed by atoms with E-state index >= 15 is 0 Å². The van der Waals surface area contributed by atoms with E-state index in [0.717, 1.165) is 36.5 Å². The molecule has 2 saturated heterocycles. The van der Waals surface area contributed by atoms with Crippen molar-refractivity contribution in [2.24, 2.45) is 0 Å². The van der Waals surface area contributed by atoms with Gasteiger partial charge in [-0.25, -0.2) is 0 Å². The normalized spacial score (nSPS) is 19.3. The van der Waals surface area contributed by atoms with E-state index in [1.54, 1.807) is 11.3 Å². The molecule has 4 rings (SSSR count). The zero-order valence-corrected chi connectivity index (χ0v) is 19.1. The van der Waals surface area contributed by atoms with Crippen LogP contribution in [0.3, 0.4) is 0 Å². The average molecular weight is 484 g/mol. The van der Waals surface area contributed by atoms with Crippen LogP contribution in [0.4, 0.5) is 24.5 Å². The van der Waals surface area contributed by atoms with Crippen molar-refractivity contribution in [3.63, 3.8) is 0 Å². The van der Waals surface area contributed by atoms with Crippen molar-refractivity contribution in [1.82, 2.24) is 4.90 Å². The third kappa shape index (κ3) is 6.69. The van der Waals surface area contributed by atoms with Gasteiger partial charge in [0.25, 0.3) is 0 Å². The molecule has 3 heterocycles. The van der Waals surface area contributed by atoms with Crippen LogP contribution in [-0.2, 0) is 27.0 Å². The molecule has 1 aromatic carbocycles. The van der Waals surface area contributed by atoms with Gasteiger partial charge >= 0.3 is 6.18 Å². The van der Waals surface area contributed by atoms with Crippen molar-refractivity contribution in [2.45, 2.75) is 31.7 Å². The molecule has 1 N–H and O–H groups in total. The minimum absolute atomic E-state index is 0.0650. The van der Waals surface area contributed by atoms with Gasteiger partial charge in [-0.15, -0.1) is 11.3 Å². The number of thiophene rings is 1. The highest BCUT2D eigenvalue weighted by Crippen LogP contribution is 2.35. The molecule has 1 amide bonds. The number of carbonyl (C=O) groups is 1. The van der Waals surface area contributed by atoms with Gasteiger partial charge in [0.05, 0.1) is 42.8 Å². The molecule has 180 valence electrons. The molecular formula is C23H28F3N3O3S. The molecule has 10 heteroatoms. The van der Waals surface area contributed by atoms with E-state index in [4.69, 9.17) is 9.47 Å². The van der Waals surface area contributed by atoms with Crippen LogP contribution in [0.15, 0.2) is 35.7 Å². The molecule has 0 saturated carbocycles. The Labute approximate surface area is 195 Å². The molecule has 1 atom stereocenters. The van der Waals surface area contributed by atoms with Crippen LogP contribution < -0.4 is 10.2 Å². The summed E-state index contributed by atoms with van der Waals surface area (Å²) < 4.78 is 51.2. The van der Waals surface area contributed by atoms with Crippen LogP contribution >= 0.6 is 11.3 Å². The first-order chi connectivity index (χ1) is 15.9. The Morgan fingerprint density at radius 1 is 1.21 bits per heavy atom. The fraction of sp³-hybridized carbons (Fsp3) is 0.522. The minimum Gasteiger partial charge on any atom is -0.378 e. The number of rotatable bonds is 8. The van der Waals surface area contributed by atoms with Crippen molar-refractivity contribution in [3.8, 4) is 0 Å². The molecule has 2 fully saturated rings. The zero-order valence-electron chi connectivity index (χ0n) is 18.3. The highest BCUT2D eigenvalue weighted by molar-refractivity contribution is 7.09. The van der Waals surface area contributed by atoms with Crippen LogP contribution in [0.1, 0.15) is 23.3 Å². The van der Waals surface area contributed by atoms with Gasteiger partial charge < -0.3 is 19.7 Å². The fourth-order valence-corrected chi connectivity index (χ4v) is 4.92. The molecule has 33 heavy (non-hydrogen) atoms. The van der Waals surface area contributed by atoms with Crippen LogP contribution in [0.2, 0.25) is 0 Å². The second-order valence-corrected chi connectivity index (χ2v) is 9.29. The maximum atomic E-state index is 13.4. The van der Waals surface area contributed by atoms with Crippen molar-refractivity contribution < 1.29 is 27.4 Å². The molecule has 0 bridgehead atoms. The Kier molecular flexibility index (Phi) is 7.90. The minimum atomic E-state index is -4.49. The molecule has 2 aromatic rings. The number of anilines is 2. The number of hydrogen-bond acceptors (Lipinski definition) is 6. The van der Waals surface area contributed by atoms with E-state index in [-0.39, 0.29) is 24.2 Å². The monoisotopic (exact) mass is 483 g/mol. The summed E-state index contributed by atoms with van der Waals surface area (Å²) in [6.07, 6.45) is -2.49. The molecule has 1 aromatic heterocycles. The van der Waals surface area contributed by atoms with Gasteiger partial charge in [0.15, 0.2) is 0 Å². The van der Waals surface area contributed by atoms with Gasteiger partial charge in [-0.1, -0.05) is 6.07 Å². The molecule has 2 aliphatic heterocycles. The van der Waals surface area contributed by atoms with Gasteiger partial charge in [0.2, 0.25) is 5.91 Å². The summed E-state index contributed by atoms with van der Waals surface area (Å²) in [7, 11) is 0. The number of hydrogen-bond donors (Lipinski definition) is 1. The number of amides is 1. The van der Waals surface area contributed by atoms with E-state index in [0.29, 0.717) is 45.1 Å². The Hall–Kier alpha value is -2.14. The number of halogens is 3. The summed E-state index contributed by atoms with van der Waals surface area (Å²) in [6.45, 7) is 4.06. The van der Waals surface area contributed by atoms with Crippen molar-refractivity contribution in [3.05, 3.63) is 46.2 Å². The van der Waals surface area contributed by atoms with E-state index < -0.39 is 11.7 Å². The largest absolute Gasteiger partial charge is 0.416 e. The number of nitrogens with one attached hydrogen (secondary N) is 1. The quantitative estimate of drug-likeness (QED) is 0.609. The van der Waals surface area contributed by atoms with Gasteiger partial charge in [0.1, 0.15) is 0 Å². The Balaban J connectivity index is 1.50. The third-order valence-corrected chi connectivity index (χ3v) is 6.62. The average Bonchev–Trinajstić information content (AvgIpc) is 3.48. The van der Waals surface area contributed by atoms with E-state index in [1.807, 2.05) is 27.3 Å². The molecule has 2 aliphatic rings. The lowest BCUT2D eigenvalue weighted by Crippen LogP contribution is -2.39. The summed E-state index contributed by atoms with van der Waals surface area (Å²) in [4.78, 5) is 18.1. The Morgan fingerprint density at radius 3 is 2.70 bits per heavy atom. The third-order valence-electron chi connectivity index (χ3n) is 5.76. The molecule has 0 radical (unpaired) electrons. The van der Waals surface area contributed by atoms with Gasteiger partial charge in [-0.2, -0.15) is 13.2 Å². The van der Waals surface area contributed by atoms with E-state index in [9.17, 15) is 18.0 Å². The Bertz CT molecular complexity index is 911. The lowest BCUT2D eigenvalue weighted by molar-refractivity contribution is -0.137. The summed E-state index contributed by atoms with van der Waals surface area (Å²) >= 11 is 1.61. The molecule has 1 unspecified atom stereocenters. The maximum Gasteiger partial charge on any atom is 0.416 e. The first-order valence-electron chi connectivity index (χ1n) is 11.1. The van der Waals surface area contributed by atoms with Gasteiger partial charge in [-0.05, 0) is 42.5 Å². The summed E-state index contributed by atoms with van der Waals surface area (Å²) in [6, 6.07) is 7.48. The SMILES string of the molecule is O=C(CN(Cc1cccs1)CC1CCCO1)Nc1cc(C(F)(F)F)ccc1N1CCOCC1. The van der Waals surface area contributed by atoms with Crippen molar-refractivity contribution in [2.75, 3.05) is 56.2 Å². The number of benzene rings is 1.